The molecule has 0 amide bonds. The summed E-state index contributed by atoms with van der Waals surface area (Å²) in [5, 5.41) is 0. The van der Waals surface area contributed by atoms with Gasteiger partial charge in [0.1, 0.15) is 6.29 Å². The quantitative estimate of drug-likeness (QED) is 0.573. The van der Waals surface area contributed by atoms with E-state index in [1.54, 1.807) is 0 Å². The van der Waals surface area contributed by atoms with E-state index in [9.17, 15) is 4.79 Å². The molecule has 0 aromatic heterocycles. The first kappa shape index (κ1) is 9.46. The van der Waals surface area contributed by atoms with E-state index in [0.29, 0.717) is 0 Å². The molecule has 0 radical (unpaired) electrons. The number of alkyl halides is 1. The predicted molar refractivity (Wildman–Crippen MR) is 53.6 cm³/mol. The average Bonchev–Trinajstić information content (AvgIpc) is 2.17. The third kappa shape index (κ3) is 2.18. The Hall–Kier alpha value is -0.630. The Morgan fingerprint density at radius 1 is 1.58 bits per heavy atom. The molecule has 2 heteroatoms. The van der Waals surface area contributed by atoms with E-state index in [1.165, 1.54) is 5.56 Å². The summed E-state index contributed by atoms with van der Waals surface area (Å²) in [5.74, 6) is 0. The van der Waals surface area contributed by atoms with E-state index in [0.717, 1.165) is 18.3 Å². The molecule has 0 saturated carbocycles. The lowest BCUT2D eigenvalue weighted by atomic mass is 10.1. The number of benzene rings is 1. The summed E-state index contributed by atoms with van der Waals surface area (Å²) in [4.78, 5) is 10.3. The zero-order valence-electron chi connectivity index (χ0n) is 6.96. The number of halogens is 1. The highest BCUT2D eigenvalue weighted by Gasteiger charge is 2.04. The van der Waals surface area contributed by atoms with Gasteiger partial charge >= 0.3 is 0 Å². The minimum atomic E-state index is -0.163. The van der Waals surface area contributed by atoms with Crippen LogP contribution in [-0.4, -0.2) is 6.29 Å². The lowest BCUT2D eigenvalue weighted by Crippen LogP contribution is -1.91. The van der Waals surface area contributed by atoms with Gasteiger partial charge in [-0.2, -0.15) is 0 Å². The van der Waals surface area contributed by atoms with Crippen molar-refractivity contribution in [1.29, 1.82) is 0 Å². The zero-order valence-corrected chi connectivity index (χ0v) is 8.54. The molecule has 1 unspecified atom stereocenters. The van der Waals surface area contributed by atoms with Gasteiger partial charge in [0.15, 0.2) is 0 Å². The van der Waals surface area contributed by atoms with E-state index >= 15 is 0 Å². The SMILES string of the molecule is CCc1cccc(C(Br)C=O)c1. The Bertz CT molecular complexity index is 270. The maximum absolute atomic E-state index is 10.5. The van der Waals surface area contributed by atoms with Gasteiger partial charge in [0, 0.05) is 0 Å². The maximum Gasteiger partial charge on any atom is 0.138 e. The fourth-order valence-electron chi connectivity index (χ4n) is 1.06. The van der Waals surface area contributed by atoms with Gasteiger partial charge < -0.3 is 4.79 Å². The number of aldehydes is 1. The van der Waals surface area contributed by atoms with Gasteiger partial charge in [0.2, 0.25) is 0 Å². The van der Waals surface area contributed by atoms with Crippen LogP contribution in [0.15, 0.2) is 24.3 Å². The molecule has 0 aliphatic heterocycles. The van der Waals surface area contributed by atoms with E-state index in [2.05, 4.69) is 28.9 Å². The number of aryl methyl sites for hydroxylation is 1. The highest BCUT2D eigenvalue weighted by molar-refractivity contribution is 9.09. The molecule has 12 heavy (non-hydrogen) atoms. The monoisotopic (exact) mass is 226 g/mol. The molecular formula is C10H11BrO. The van der Waals surface area contributed by atoms with E-state index < -0.39 is 0 Å². The molecule has 0 aliphatic carbocycles. The number of hydrogen-bond acceptors (Lipinski definition) is 1. The molecular weight excluding hydrogens is 216 g/mol. The summed E-state index contributed by atoms with van der Waals surface area (Å²) in [6, 6.07) is 8.04. The molecule has 1 aromatic rings. The van der Waals surface area contributed by atoms with Crippen LogP contribution in [0.25, 0.3) is 0 Å². The fourth-order valence-corrected chi connectivity index (χ4v) is 1.35. The molecule has 0 saturated heterocycles. The summed E-state index contributed by atoms with van der Waals surface area (Å²) in [5.41, 5.74) is 2.29. The van der Waals surface area contributed by atoms with Crippen molar-refractivity contribution < 1.29 is 4.79 Å². The van der Waals surface area contributed by atoms with E-state index in [1.807, 2.05) is 18.2 Å². The van der Waals surface area contributed by atoms with Crippen LogP contribution in [0.4, 0.5) is 0 Å². The van der Waals surface area contributed by atoms with Gasteiger partial charge in [-0.15, -0.1) is 0 Å². The van der Waals surface area contributed by atoms with Crippen molar-refractivity contribution in [2.24, 2.45) is 0 Å². The van der Waals surface area contributed by atoms with Crippen LogP contribution in [0, 0.1) is 0 Å². The van der Waals surface area contributed by atoms with Crippen LogP contribution < -0.4 is 0 Å². The highest BCUT2D eigenvalue weighted by atomic mass is 79.9. The predicted octanol–water partition coefficient (Wildman–Crippen LogP) is 2.88. The molecule has 1 rings (SSSR count). The van der Waals surface area contributed by atoms with Crippen LogP contribution >= 0.6 is 15.9 Å². The van der Waals surface area contributed by atoms with Gasteiger partial charge in [0.05, 0.1) is 4.83 Å². The van der Waals surface area contributed by atoms with Gasteiger partial charge in [0.25, 0.3) is 0 Å². The molecule has 0 aliphatic rings. The molecule has 1 aromatic carbocycles. The van der Waals surface area contributed by atoms with Gasteiger partial charge in [-0.1, -0.05) is 47.1 Å². The largest absolute Gasteiger partial charge is 0.302 e. The Labute approximate surface area is 80.9 Å². The van der Waals surface area contributed by atoms with Crippen LogP contribution in [0.5, 0.6) is 0 Å². The molecule has 0 heterocycles. The first-order valence-electron chi connectivity index (χ1n) is 3.96. The third-order valence-electron chi connectivity index (χ3n) is 1.80. The summed E-state index contributed by atoms with van der Waals surface area (Å²) >= 11 is 3.28. The fraction of sp³-hybridized carbons (Fsp3) is 0.300. The molecule has 1 atom stereocenters. The van der Waals surface area contributed by atoms with E-state index in [4.69, 9.17) is 0 Å². The lowest BCUT2D eigenvalue weighted by molar-refractivity contribution is -0.107. The number of rotatable bonds is 3. The molecule has 0 N–H and O–H groups in total. The maximum atomic E-state index is 10.5. The second kappa shape index (κ2) is 4.41. The number of carbonyl (C=O) groups excluding carboxylic acids is 1. The number of hydrogen-bond donors (Lipinski definition) is 0. The first-order valence-corrected chi connectivity index (χ1v) is 4.87. The van der Waals surface area contributed by atoms with Crippen molar-refractivity contribution in [3.8, 4) is 0 Å². The Morgan fingerprint density at radius 2 is 2.33 bits per heavy atom. The lowest BCUT2D eigenvalue weighted by Gasteiger charge is -2.03. The molecule has 64 valence electrons. The molecule has 0 bridgehead atoms. The summed E-state index contributed by atoms with van der Waals surface area (Å²) in [6.45, 7) is 2.10. The van der Waals surface area contributed by atoms with Crippen molar-refractivity contribution in [1.82, 2.24) is 0 Å². The summed E-state index contributed by atoms with van der Waals surface area (Å²) in [7, 11) is 0. The van der Waals surface area contributed by atoms with Crippen molar-refractivity contribution in [3.05, 3.63) is 35.4 Å². The average molecular weight is 227 g/mol. The normalized spacial score (nSPS) is 12.5. The Kier molecular flexibility index (Phi) is 3.48. The topological polar surface area (TPSA) is 17.1 Å². The summed E-state index contributed by atoms with van der Waals surface area (Å²) in [6.07, 6.45) is 1.90. The van der Waals surface area contributed by atoms with E-state index in [-0.39, 0.29) is 4.83 Å². The summed E-state index contributed by atoms with van der Waals surface area (Å²) < 4.78 is 0. The minimum Gasteiger partial charge on any atom is -0.302 e. The third-order valence-corrected chi connectivity index (χ3v) is 2.54. The molecule has 0 fully saturated rings. The minimum absolute atomic E-state index is 0.163. The second-order valence-corrected chi connectivity index (χ2v) is 3.62. The van der Waals surface area contributed by atoms with Crippen molar-refractivity contribution in [2.45, 2.75) is 18.2 Å². The van der Waals surface area contributed by atoms with Gasteiger partial charge in [-0.25, -0.2) is 0 Å². The Morgan fingerprint density at radius 3 is 2.92 bits per heavy atom. The second-order valence-electron chi connectivity index (χ2n) is 2.64. The smallest absolute Gasteiger partial charge is 0.138 e. The molecule has 0 spiro atoms. The van der Waals surface area contributed by atoms with Gasteiger partial charge in [-0.3, -0.25) is 0 Å². The zero-order chi connectivity index (χ0) is 8.97. The van der Waals surface area contributed by atoms with Crippen LogP contribution in [0.1, 0.15) is 22.9 Å². The number of carbonyl (C=O) groups is 1. The van der Waals surface area contributed by atoms with Gasteiger partial charge in [-0.05, 0) is 17.5 Å². The van der Waals surface area contributed by atoms with Crippen molar-refractivity contribution >= 4 is 22.2 Å². The first-order chi connectivity index (χ1) is 5.77. The standard InChI is InChI=1S/C10H11BrO/c1-2-8-4-3-5-9(6-8)10(11)7-12/h3-7,10H,2H2,1H3. The van der Waals surface area contributed by atoms with Crippen molar-refractivity contribution in [3.63, 3.8) is 0 Å². The van der Waals surface area contributed by atoms with Crippen LogP contribution in [-0.2, 0) is 11.2 Å². The van der Waals surface area contributed by atoms with Crippen LogP contribution in [0.3, 0.4) is 0 Å². The Balaban J connectivity index is 2.93. The highest BCUT2D eigenvalue weighted by Crippen LogP contribution is 2.20. The molecule has 1 nitrogen and oxygen atoms in total. The van der Waals surface area contributed by atoms with Crippen LogP contribution in [0.2, 0.25) is 0 Å². The van der Waals surface area contributed by atoms with Crippen molar-refractivity contribution in [2.75, 3.05) is 0 Å².